The lowest BCUT2D eigenvalue weighted by Crippen LogP contribution is -2.37. The van der Waals surface area contributed by atoms with E-state index in [4.69, 9.17) is 23.2 Å². The van der Waals surface area contributed by atoms with Crippen LogP contribution >= 0.6 is 23.2 Å². The van der Waals surface area contributed by atoms with E-state index >= 15 is 0 Å². The third-order valence-electron chi connectivity index (χ3n) is 6.71. The van der Waals surface area contributed by atoms with Gasteiger partial charge in [0, 0.05) is 49.5 Å². The van der Waals surface area contributed by atoms with Crippen molar-refractivity contribution in [2.45, 2.75) is 25.7 Å². The maximum absolute atomic E-state index is 12.8. The molecule has 0 radical (unpaired) electrons. The molecule has 2 fully saturated rings. The molecule has 3 heterocycles. The maximum Gasteiger partial charge on any atom is 0.255 e. The van der Waals surface area contributed by atoms with Crippen molar-refractivity contribution in [2.75, 3.05) is 56.0 Å². The number of amides is 2. The van der Waals surface area contributed by atoms with Crippen LogP contribution in [0, 0.1) is 5.92 Å². The van der Waals surface area contributed by atoms with Crippen LogP contribution in [0.3, 0.4) is 0 Å². The fourth-order valence-electron chi connectivity index (χ4n) is 4.72. The third kappa shape index (κ3) is 6.62. The van der Waals surface area contributed by atoms with Gasteiger partial charge in [0.2, 0.25) is 6.41 Å². The van der Waals surface area contributed by atoms with Gasteiger partial charge in [-0.1, -0.05) is 29.3 Å². The summed E-state index contributed by atoms with van der Waals surface area (Å²) in [5.74, 6) is 1.17. The molecule has 0 atom stereocenters. The van der Waals surface area contributed by atoms with Crippen LogP contribution in [0.25, 0.3) is 0 Å². The predicted molar refractivity (Wildman–Crippen MR) is 137 cm³/mol. The van der Waals surface area contributed by atoms with Crippen LogP contribution in [0.15, 0.2) is 36.5 Å². The van der Waals surface area contributed by atoms with E-state index in [1.54, 1.807) is 36.5 Å². The Bertz CT molecular complexity index is 997. The lowest BCUT2D eigenvalue weighted by atomic mass is 9.93. The first kappa shape index (κ1) is 24.8. The molecule has 2 aromatic rings. The average molecular weight is 504 g/mol. The largest absolute Gasteiger partial charge is 0.355 e. The molecular weight excluding hydrogens is 473 g/mol. The van der Waals surface area contributed by atoms with Crippen molar-refractivity contribution < 1.29 is 9.59 Å². The number of halogens is 2. The molecule has 182 valence electrons. The highest BCUT2D eigenvalue weighted by Gasteiger charge is 2.24. The minimum Gasteiger partial charge on any atom is -0.355 e. The number of piperidine rings is 1. The topological polar surface area (TPSA) is 68.8 Å². The minimum atomic E-state index is -0.242. The highest BCUT2D eigenvalue weighted by Crippen LogP contribution is 2.31. The van der Waals surface area contributed by atoms with E-state index in [2.05, 4.69) is 20.1 Å². The van der Waals surface area contributed by atoms with Gasteiger partial charge in [-0.2, -0.15) is 0 Å². The van der Waals surface area contributed by atoms with Gasteiger partial charge in [-0.25, -0.2) is 4.98 Å². The minimum absolute atomic E-state index is 0.242. The van der Waals surface area contributed by atoms with Crippen molar-refractivity contribution in [1.82, 2.24) is 14.8 Å². The van der Waals surface area contributed by atoms with Gasteiger partial charge >= 0.3 is 0 Å². The molecule has 1 aromatic carbocycles. The Kier molecular flexibility index (Phi) is 8.64. The summed E-state index contributed by atoms with van der Waals surface area (Å²) < 4.78 is 0. The molecule has 2 aliphatic rings. The number of hydrogen-bond acceptors (Lipinski definition) is 5. The van der Waals surface area contributed by atoms with Crippen LogP contribution in [0.1, 0.15) is 36.0 Å². The second-order valence-corrected chi connectivity index (χ2v) is 9.92. The quantitative estimate of drug-likeness (QED) is 0.566. The van der Waals surface area contributed by atoms with E-state index in [0.717, 1.165) is 77.3 Å². The van der Waals surface area contributed by atoms with Crippen LogP contribution in [-0.2, 0) is 4.79 Å². The Hall–Kier alpha value is -2.35. The van der Waals surface area contributed by atoms with Gasteiger partial charge in [0.25, 0.3) is 5.91 Å². The van der Waals surface area contributed by atoms with Gasteiger partial charge in [-0.05, 0) is 69.0 Å². The molecule has 2 amide bonds. The molecule has 1 N–H and O–H groups in total. The van der Waals surface area contributed by atoms with Gasteiger partial charge < -0.3 is 20.0 Å². The molecule has 7 nitrogen and oxygen atoms in total. The number of carbonyl (C=O) groups excluding carboxylic acids is 2. The highest BCUT2D eigenvalue weighted by molar-refractivity contribution is 6.31. The second-order valence-electron chi connectivity index (χ2n) is 9.04. The monoisotopic (exact) mass is 503 g/mol. The molecule has 0 aliphatic carbocycles. The van der Waals surface area contributed by atoms with Crippen molar-refractivity contribution in [1.29, 1.82) is 0 Å². The Balaban J connectivity index is 1.32. The van der Waals surface area contributed by atoms with E-state index in [1.807, 2.05) is 4.90 Å². The Morgan fingerprint density at radius 3 is 2.65 bits per heavy atom. The normalized spacial score (nSPS) is 17.9. The standard InChI is InChI=1S/C25H31Cl2N5O2/c26-21-4-1-3-20(15-21)25(34)29-23-16-22(27)17-28-24(23)32-11-6-19(7-12-32)5-10-30-8-2-9-31(18-33)14-13-30/h1,3-4,15-19H,2,5-14H2,(H,29,34). The number of nitrogens with one attached hydrogen (secondary N) is 1. The van der Waals surface area contributed by atoms with Crippen LogP contribution < -0.4 is 10.2 Å². The molecule has 1 aromatic heterocycles. The summed E-state index contributed by atoms with van der Waals surface area (Å²) in [4.78, 5) is 34.9. The first-order chi connectivity index (χ1) is 16.5. The van der Waals surface area contributed by atoms with E-state index in [1.165, 1.54) is 6.42 Å². The summed E-state index contributed by atoms with van der Waals surface area (Å²) in [5.41, 5.74) is 1.10. The number of carbonyl (C=O) groups is 2. The number of anilines is 2. The maximum atomic E-state index is 12.8. The first-order valence-electron chi connectivity index (χ1n) is 11.9. The molecule has 4 rings (SSSR count). The third-order valence-corrected chi connectivity index (χ3v) is 7.15. The second kappa shape index (κ2) is 11.9. The molecule has 2 saturated heterocycles. The summed E-state index contributed by atoms with van der Waals surface area (Å²) >= 11 is 12.2. The molecule has 34 heavy (non-hydrogen) atoms. The van der Waals surface area contributed by atoms with E-state index in [0.29, 0.717) is 27.2 Å². The zero-order chi connectivity index (χ0) is 23.9. The van der Waals surface area contributed by atoms with Crippen molar-refractivity contribution in [3.8, 4) is 0 Å². The zero-order valence-corrected chi connectivity index (χ0v) is 20.8. The number of benzene rings is 1. The Morgan fingerprint density at radius 1 is 1.06 bits per heavy atom. The number of hydrogen-bond donors (Lipinski definition) is 1. The summed E-state index contributed by atoms with van der Waals surface area (Å²) in [6.07, 6.45) is 6.97. The van der Waals surface area contributed by atoms with Crippen LogP contribution in [0.4, 0.5) is 11.5 Å². The Morgan fingerprint density at radius 2 is 1.88 bits per heavy atom. The van der Waals surface area contributed by atoms with Crippen molar-refractivity contribution in [3.63, 3.8) is 0 Å². The molecule has 0 bridgehead atoms. The molecular formula is C25H31Cl2N5O2. The molecule has 9 heteroatoms. The number of rotatable bonds is 7. The van der Waals surface area contributed by atoms with Gasteiger partial charge in [-0.3, -0.25) is 9.59 Å². The predicted octanol–water partition coefficient (Wildman–Crippen LogP) is 4.41. The lowest BCUT2D eigenvalue weighted by molar-refractivity contribution is -0.118. The molecule has 2 aliphatic heterocycles. The summed E-state index contributed by atoms with van der Waals surface area (Å²) in [6, 6.07) is 8.61. The van der Waals surface area contributed by atoms with Crippen molar-refractivity contribution >= 4 is 47.0 Å². The van der Waals surface area contributed by atoms with E-state index in [-0.39, 0.29) is 5.91 Å². The molecule has 0 saturated carbocycles. The fourth-order valence-corrected chi connectivity index (χ4v) is 5.07. The molecule has 0 spiro atoms. The van der Waals surface area contributed by atoms with Gasteiger partial charge in [0.05, 0.1) is 10.7 Å². The van der Waals surface area contributed by atoms with Crippen LogP contribution in [-0.4, -0.2) is 72.9 Å². The number of pyridine rings is 1. The number of aromatic nitrogens is 1. The summed E-state index contributed by atoms with van der Waals surface area (Å²) in [7, 11) is 0. The zero-order valence-electron chi connectivity index (χ0n) is 19.3. The first-order valence-corrected chi connectivity index (χ1v) is 12.7. The SMILES string of the molecule is O=CN1CCCN(CCC2CCN(c3ncc(Cl)cc3NC(=O)c3cccc(Cl)c3)CC2)CC1. The van der Waals surface area contributed by atoms with Gasteiger partial charge in [0.15, 0.2) is 5.82 Å². The van der Waals surface area contributed by atoms with E-state index in [9.17, 15) is 9.59 Å². The smallest absolute Gasteiger partial charge is 0.255 e. The lowest BCUT2D eigenvalue weighted by Gasteiger charge is -2.34. The fraction of sp³-hybridized carbons (Fsp3) is 0.480. The van der Waals surface area contributed by atoms with Crippen LogP contribution in [0.5, 0.6) is 0 Å². The molecule has 0 unspecified atom stereocenters. The van der Waals surface area contributed by atoms with Crippen LogP contribution in [0.2, 0.25) is 10.0 Å². The number of nitrogens with zero attached hydrogens (tertiary/aromatic N) is 4. The summed E-state index contributed by atoms with van der Waals surface area (Å²) in [6.45, 7) is 6.57. The van der Waals surface area contributed by atoms with Gasteiger partial charge in [-0.15, -0.1) is 0 Å². The van der Waals surface area contributed by atoms with Crippen molar-refractivity contribution in [3.05, 3.63) is 52.1 Å². The Labute approximate surface area is 211 Å². The highest BCUT2D eigenvalue weighted by atomic mass is 35.5. The summed E-state index contributed by atoms with van der Waals surface area (Å²) in [5, 5.41) is 3.96. The van der Waals surface area contributed by atoms with E-state index < -0.39 is 0 Å². The van der Waals surface area contributed by atoms with Crippen molar-refractivity contribution in [2.24, 2.45) is 5.92 Å². The van der Waals surface area contributed by atoms with Gasteiger partial charge in [0.1, 0.15) is 0 Å². The average Bonchev–Trinajstić information content (AvgIpc) is 3.08.